The van der Waals surface area contributed by atoms with E-state index >= 15 is 0 Å². The molecule has 30 heavy (non-hydrogen) atoms. The van der Waals surface area contributed by atoms with Crippen molar-refractivity contribution in [3.8, 4) is 0 Å². The van der Waals surface area contributed by atoms with Crippen LogP contribution in [-0.2, 0) is 4.79 Å². The third-order valence-electron chi connectivity index (χ3n) is 4.70. The Morgan fingerprint density at radius 2 is 1.63 bits per heavy atom. The minimum atomic E-state index is -4.35. The standard InChI is InChI=1S/C21H22F3N3O2S/c22-21(23,24)30-18-8-6-15(7-9-18)20(29)26-17-10-12-27(13-11-17)14-19(28)25-16-4-2-1-3-5-16/h1-9,17H,10-14H2,(H,25,28)(H,26,29). The Morgan fingerprint density at radius 3 is 2.23 bits per heavy atom. The fourth-order valence-electron chi connectivity index (χ4n) is 3.24. The molecule has 0 atom stereocenters. The number of halogens is 3. The lowest BCUT2D eigenvalue weighted by Crippen LogP contribution is -2.46. The van der Waals surface area contributed by atoms with Gasteiger partial charge in [0.25, 0.3) is 5.91 Å². The van der Waals surface area contributed by atoms with E-state index in [1.54, 1.807) is 0 Å². The van der Waals surface area contributed by atoms with Gasteiger partial charge in [-0.15, -0.1) is 0 Å². The summed E-state index contributed by atoms with van der Waals surface area (Å²) in [7, 11) is 0. The van der Waals surface area contributed by atoms with Crippen molar-refractivity contribution >= 4 is 29.3 Å². The molecule has 5 nitrogen and oxygen atoms in total. The van der Waals surface area contributed by atoms with Gasteiger partial charge in [-0.1, -0.05) is 18.2 Å². The second-order valence-corrected chi connectivity index (χ2v) is 8.15. The predicted molar refractivity (Wildman–Crippen MR) is 110 cm³/mol. The van der Waals surface area contributed by atoms with Gasteiger partial charge in [0.15, 0.2) is 0 Å². The highest BCUT2D eigenvalue weighted by atomic mass is 32.2. The van der Waals surface area contributed by atoms with Crippen LogP contribution in [0.5, 0.6) is 0 Å². The van der Waals surface area contributed by atoms with Crippen LogP contribution in [0.15, 0.2) is 59.5 Å². The summed E-state index contributed by atoms with van der Waals surface area (Å²) in [6.45, 7) is 1.64. The molecule has 160 valence electrons. The van der Waals surface area contributed by atoms with Crippen LogP contribution >= 0.6 is 11.8 Å². The van der Waals surface area contributed by atoms with Crippen molar-refractivity contribution in [1.82, 2.24) is 10.2 Å². The zero-order chi connectivity index (χ0) is 21.6. The predicted octanol–water partition coefficient (Wildman–Crippen LogP) is 4.13. The number of nitrogens with zero attached hydrogens (tertiary/aromatic N) is 1. The minimum Gasteiger partial charge on any atom is -0.349 e. The van der Waals surface area contributed by atoms with Gasteiger partial charge in [-0.3, -0.25) is 14.5 Å². The van der Waals surface area contributed by atoms with Crippen LogP contribution in [0.3, 0.4) is 0 Å². The highest BCUT2D eigenvalue weighted by Crippen LogP contribution is 2.36. The molecular formula is C21H22F3N3O2S. The zero-order valence-corrected chi connectivity index (χ0v) is 16.9. The Morgan fingerprint density at radius 1 is 1.00 bits per heavy atom. The average molecular weight is 437 g/mol. The van der Waals surface area contributed by atoms with E-state index in [0.717, 1.165) is 5.69 Å². The monoisotopic (exact) mass is 437 g/mol. The van der Waals surface area contributed by atoms with E-state index in [-0.39, 0.29) is 41.1 Å². The molecule has 0 aromatic heterocycles. The molecule has 0 spiro atoms. The van der Waals surface area contributed by atoms with Crippen LogP contribution < -0.4 is 10.6 Å². The number of benzene rings is 2. The molecule has 0 radical (unpaired) electrons. The largest absolute Gasteiger partial charge is 0.446 e. The van der Waals surface area contributed by atoms with Gasteiger partial charge in [0, 0.05) is 35.3 Å². The van der Waals surface area contributed by atoms with Gasteiger partial charge in [-0.2, -0.15) is 13.2 Å². The molecule has 2 N–H and O–H groups in total. The number of anilines is 1. The maximum absolute atomic E-state index is 12.4. The summed E-state index contributed by atoms with van der Waals surface area (Å²) < 4.78 is 37.2. The normalized spacial score (nSPS) is 15.6. The van der Waals surface area contributed by atoms with Gasteiger partial charge in [0.05, 0.1) is 6.54 Å². The van der Waals surface area contributed by atoms with Gasteiger partial charge in [-0.25, -0.2) is 0 Å². The van der Waals surface area contributed by atoms with Gasteiger partial charge in [0.2, 0.25) is 5.91 Å². The molecule has 1 fully saturated rings. The molecule has 2 aromatic carbocycles. The van der Waals surface area contributed by atoms with E-state index in [4.69, 9.17) is 0 Å². The molecule has 0 aliphatic carbocycles. The van der Waals surface area contributed by atoms with E-state index in [9.17, 15) is 22.8 Å². The smallest absolute Gasteiger partial charge is 0.349 e. The number of hydrogen-bond acceptors (Lipinski definition) is 4. The first-order valence-corrected chi connectivity index (χ1v) is 10.3. The van der Waals surface area contributed by atoms with Crippen molar-refractivity contribution in [1.29, 1.82) is 0 Å². The number of amides is 2. The van der Waals surface area contributed by atoms with Crippen LogP contribution in [0.2, 0.25) is 0 Å². The lowest BCUT2D eigenvalue weighted by Gasteiger charge is -2.31. The number of para-hydroxylation sites is 1. The Hall–Kier alpha value is -2.52. The molecule has 1 aliphatic heterocycles. The summed E-state index contributed by atoms with van der Waals surface area (Å²) in [6, 6.07) is 14.6. The van der Waals surface area contributed by atoms with Crippen molar-refractivity contribution < 1.29 is 22.8 Å². The summed E-state index contributed by atoms with van der Waals surface area (Å²) in [4.78, 5) is 26.6. The summed E-state index contributed by atoms with van der Waals surface area (Å²) in [6.07, 6.45) is 1.40. The number of alkyl halides is 3. The molecule has 2 amide bonds. The molecule has 1 aliphatic rings. The SMILES string of the molecule is O=C(CN1CCC(NC(=O)c2ccc(SC(F)(F)F)cc2)CC1)Nc1ccccc1. The second kappa shape index (κ2) is 9.99. The Labute approximate surface area is 177 Å². The fourth-order valence-corrected chi connectivity index (χ4v) is 3.78. The maximum Gasteiger partial charge on any atom is 0.446 e. The molecule has 3 rings (SSSR count). The lowest BCUT2D eigenvalue weighted by molar-refractivity contribution is -0.117. The van der Waals surface area contributed by atoms with Crippen LogP contribution in [-0.4, -0.2) is 47.9 Å². The molecule has 0 unspecified atom stereocenters. The van der Waals surface area contributed by atoms with Gasteiger partial charge < -0.3 is 10.6 Å². The number of nitrogens with one attached hydrogen (secondary N) is 2. The van der Waals surface area contributed by atoms with E-state index < -0.39 is 5.51 Å². The molecule has 1 saturated heterocycles. The first-order chi connectivity index (χ1) is 14.3. The third-order valence-corrected chi connectivity index (χ3v) is 5.44. The number of thioether (sulfide) groups is 1. The van der Waals surface area contributed by atoms with Crippen LogP contribution in [0.4, 0.5) is 18.9 Å². The van der Waals surface area contributed by atoms with Gasteiger partial charge in [0.1, 0.15) is 0 Å². The Bertz CT molecular complexity index is 852. The van der Waals surface area contributed by atoms with E-state index in [1.807, 2.05) is 35.2 Å². The molecule has 2 aromatic rings. The first-order valence-electron chi connectivity index (χ1n) is 9.52. The summed E-state index contributed by atoms with van der Waals surface area (Å²) >= 11 is -0.208. The summed E-state index contributed by atoms with van der Waals surface area (Å²) in [5, 5.41) is 5.77. The van der Waals surface area contributed by atoms with Crippen molar-refractivity contribution in [2.75, 3.05) is 25.0 Å². The Kier molecular flexibility index (Phi) is 7.38. The Balaban J connectivity index is 1.42. The van der Waals surface area contributed by atoms with Crippen molar-refractivity contribution in [2.24, 2.45) is 0 Å². The molecule has 9 heteroatoms. The summed E-state index contributed by atoms with van der Waals surface area (Å²) in [5.74, 6) is -0.390. The topological polar surface area (TPSA) is 61.4 Å². The number of carbonyl (C=O) groups is 2. The van der Waals surface area contributed by atoms with Crippen LogP contribution in [0, 0.1) is 0 Å². The van der Waals surface area contributed by atoms with E-state index in [2.05, 4.69) is 10.6 Å². The zero-order valence-electron chi connectivity index (χ0n) is 16.1. The average Bonchev–Trinajstić information content (AvgIpc) is 2.69. The lowest BCUT2D eigenvalue weighted by atomic mass is 10.0. The molecule has 0 saturated carbocycles. The number of piperidine rings is 1. The first kappa shape index (κ1) is 22.2. The molecule has 0 bridgehead atoms. The highest BCUT2D eigenvalue weighted by Gasteiger charge is 2.29. The van der Waals surface area contributed by atoms with Crippen molar-refractivity contribution in [2.45, 2.75) is 29.3 Å². The van der Waals surface area contributed by atoms with Gasteiger partial charge in [-0.05, 0) is 61.0 Å². The number of hydrogen-bond donors (Lipinski definition) is 2. The highest BCUT2D eigenvalue weighted by molar-refractivity contribution is 8.00. The van der Waals surface area contributed by atoms with E-state index in [1.165, 1.54) is 24.3 Å². The molecular weight excluding hydrogens is 415 g/mol. The van der Waals surface area contributed by atoms with E-state index in [0.29, 0.717) is 31.5 Å². The van der Waals surface area contributed by atoms with Crippen molar-refractivity contribution in [3.05, 3.63) is 60.2 Å². The molecule has 1 heterocycles. The van der Waals surface area contributed by atoms with Gasteiger partial charge >= 0.3 is 5.51 Å². The second-order valence-electron chi connectivity index (χ2n) is 7.01. The van der Waals surface area contributed by atoms with Crippen molar-refractivity contribution in [3.63, 3.8) is 0 Å². The van der Waals surface area contributed by atoms with Crippen LogP contribution in [0.25, 0.3) is 0 Å². The minimum absolute atomic E-state index is 0.0323. The third kappa shape index (κ3) is 7.07. The number of carbonyl (C=O) groups excluding carboxylic acids is 2. The van der Waals surface area contributed by atoms with Crippen LogP contribution in [0.1, 0.15) is 23.2 Å². The fraction of sp³-hybridized carbons (Fsp3) is 0.333. The number of likely N-dealkylation sites (tertiary alicyclic amines) is 1. The quantitative estimate of drug-likeness (QED) is 0.667. The summed E-state index contributed by atoms with van der Waals surface area (Å²) in [5.41, 5.74) is -3.27. The maximum atomic E-state index is 12.4. The number of rotatable bonds is 6.